The number of carbonyl (C=O) groups excluding carboxylic acids is 2. The highest BCUT2D eigenvalue weighted by Gasteiger charge is 2.70. The second-order valence-corrected chi connectivity index (χ2v) is 9.85. The fraction of sp³-hybridized carbons (Fsp3) is 0.385. The van der Waals surface area contributed by atoms with Crippen molar-refractivity contribution in [1.29, 1.82) is 0 Å². The minimum absolute atomic E-state index is 0.0704. The van der Waals surface area contributed by atoms with Crippen LogP contribution in [0.15, 0.2) is 64.8 Å². The summed E-state index contributed by atoms with van der Waals surface area (Å²) in [4.78, 5) is 25.9. The zero-order chi connectivity index (χ0) is 23.2. The zero-order valence-corrected chi connectivity index (χ0v) is 20.1. The first-order valence-corrected chi connectivity index (χ1v) is 11.9. The van der Waals surface area contributed by atoms with E-state index in [-0.39, 0.29) is 29.0 Å². The molecule has 0 aliphatic heterocycles. The average molecular weight is 512 g/mol. The SMILES string of the molecule is COC1=CC(=O)[C@H]2[C@@H]([C@@H]1OC(=O)Nc1ccc(Br)cc1)[C@]1(c3ccc(OC)cc3)CCC[C@H]21. The third-order valence-electron chi connectivity index (χ3n) is 7.59. The Morgan fingerprint density at radius 2 is 1.79 bits per heavy atom. The molecule has 6 nitrogen and oxygen atoms in total. The van der Waals surface area contributed by atoms with Gasteiger partial charge in [0.15, 0.2) is 11.9 Å². The minimum Gasteiger partial charge on any atom is -0.497 e. The van der Waals surface area contributed by atoms with E-state index in [0.717, 1.165) is 29.5 Å². The monoisotopic (exact) mass is 511 g/mol. The third kappa shape index (κ3) is 3.53. The number of fused-ring (bicyclic) bond motifs is 4. The van der Waals surface area contributed by atoms with Crippen LogP contribution in [0.4, 0.5) is 10.5 Å². The highest BCUT2D eigenvalue weighted by atomic mass is 79.9. The first kappa shape index (κ1) is 22.0. The summed E-state index contributed by atoms with van der Waals surface area (Å²) in [5.74, 6) is 1.17. The quantitative estimate of drug-likeness (QED) is 0.575. The average Bonchev–Trinajstić information content (AvgIpc) is 3.17. The summed E-state index contributed by atoms with van der Waals surface area (Å²) in [5.41, 5.74) is 1.57. The van der Waals surface area contributed by atoms with Crippen LogP contribution in [0.1, 0.15) is 24.8 Å². The summed E-state index contributed by atoms with van der Waals surface area (Å²) in [5, 5.41) is 2.79. The fourth-order valence-corrected chi connectivity index (χ4v) is 6.57. The van der Waals surface area contributed by atoms with Crippen molar-refractivity contribution < 1.29 is 23.8 Å². The molecular weight excluding hydrogens is 486 g/mol. The van der Waals surface area contributed by atoms with Gasteiger partial charge in [0.05, 0.1) is 14.2 Å². The number of nitrogens with one attached hydrogen (secondary N) is 1. The number of carbonyl (C=O) groups is 2. The van der Waals surface area contributed by atoms with Crippen molar-refractivity contribution in [3.63, 3.8) is 0 Å². The van der Waals surface area contributed by atoms with Crippen LogP contribution < -0.4 is 10.1 Å². The van der Waals surface area contributed by atoms with E-state index in [2.05, 4.69) is 33.4 Å². The molecule has 0 unspecified atom stereocenters. The van der Waals surface area contributed by atoms with Gasteiger partial charge in [-0.1, -0.05) is 34.5 Å². The molecular formula is C26H26BrNO5. The number of methoxy groups -OCH3 is 2. The largest absolute Gasteiger partial charge is 0.497 e. The van der Waals surface area contributed by atoms with E-state index < -0.39 is 12.2 Å². The predicted molar refractivity (Wildman–Crippen MR) is 127 cm³/mol. The molecule has 5 rings (SSSR count). The van der Waals surface area contributed by atoms with E-state index in [4.69, 9.17) is 14.2 Å². The van der Waals surface area contributed by atoms with E-state index >= 15 is 0 Å². The molecule has 2 saturated carbocycles. The van der Waals surface area contributed by atoms with Gasteiger partial charge >= 0.3 is 6.09 Å². The van der Waals surface area contributed by atoms with Gasteiger partial charge in [-0.2, -0.15) is 0 Å². The summed E-state index contributed by atoms with van der Waals surface area (Å²) in [6.07, 6.45) is 3.30. The van der Waals surface area contributed by atoms with Crippen LogP contribution in [-0.2, 0) is 19.7 Å². The Balaban J connectivity index is 1.47. The molecule has 0 radical (unpaired) electrons. The lowest BCUT2D eigenvalue weighted by Gasteiger charge is -2.61. The normalized spacial score (nSPS) is 29.8. The number of anilines is 1. The van der Waals surface area contributed by atoms with Gasteiger partial charge in [0.1, 0.15) is 11.5 Å². The topological polar surface area (TPSA) is 73.9 Å². The van der Waals surface area contributed by atoms with Gasteiger partial charge in [-0.15, -0.1) is 0 Å². The maximum atomic E-state index is 13.1. The van der Waals surface area contributed by atoms with E-state index in [1.54, 1.807) is 19.2 Å². The van der Waals surface area contributed by atoms with Crippen LogP contribution in [0, 0.1) is 17.8 Å². The number of allylic oxidation sites excluding steroid dienone is 1. The molecule has 1 amide bonds. The van der Waals surface area contributed by atoms with Crippen LogP contribution in [0.5, 0.6) is 5.75 Å². The lowest BCUT2D eigenvalue weighted by atomic mass is 9.42. The van der Waals surface area contributed by atoms with Gasteiger partial charge in [-0.3, -0.25) is 10.1 Å². The smallest absolute Gasteiger partial charge is 0.412 e. The van der Waals surface area contributed by atoms with E-state index in [9.17, 15) is 9.59 Å². The number of hydrogen-bond acceptors (Lipinski definition) is 5. The molecule has 0 bridgehead atoms. The number of amides is 1. The Labute approximate surface area is 201 Å². The zero-order valence-electron chi connectivity index (χ0n) is 18.5. The first-order chi connectivity index (χ1) is 16.0. The Kier molecular flexibility index (Phi) is 5.69. The molecule has 7 heteroatoms. The highest BCUT2D eigenvalue weighted by molar-refractivity contribution is 9.10. The third-order valence-corrected chi connectivity index (χ3v) is 8.12. The number of ether oxygens (including phenoxy) is 3. The molecule has 0 spiro atoms. The highest BCUT2D eigenvalue weighted by Crippen LogP contribution is 2.68. The van der Waals surface area contributed by atoms with Gasteiger partial charge in [-0.05, 0) is 60.7 Å². The van der Waals surface area contributed by atoms with Gasteiger partial charge in [0.25, 0.3) is 0 Å². The van der Waals surface area contributed by atoms with Crippen LogP contribution in [0.25, 0.3) is 0 Å². The summed E-state index contributed by atoms with van der Waals surface area (Å²) >= 11 is 3.39. The summed E-state index contributed by atoms with van der Waals surface area (Å²) in [7, 11) is 3.17. The Morgan fingerprint density at radius 3 is 2.45 bits per heavy atom. The van der Waals surface area contributed by atoms with Gasteiger partial charge in [0.2, 0.25) is 0 Å². The van der Waals surface area contributed by atoms with Crippen molar-refractivity contribution in [2.24, 2.45) is 17.8 Å². The number of halogens is 1. The lowest BCUT2D eigenvalue weighted by Crippen LogP contribution is -2.66. The number of ketones is 1. The van der Waals surface area contributed by atoms with Crippen molar-refractivity contribution in [2.45, 2.75) is 30.8 Å². The van der Waals surface area contributed by atoms with Gasteiger partial charge < -0.3 is 14.2 Å². The molecule has 2 aromatic rings. The second-order valence-electron chi connectivity index (χ2n) is 8.93. The molecule has 5 atom stereocenters. The number of rotatable bonds is 5. The van der Waals surface area contributed by atoms with Crippen LogP contribution in [0.3, 0.4) is 0 Å². The second kappa shape index (κ2) is 8.52. The predicted octanol–water partition coefficient (Wildman–Crippen LogP) is 5.47. The Morgan fingerprint density at radius 1 is 1.06 bits per heavy atom. The lowest BCUT2D eigenvalue weighted by molar-refractivity contribution is -0.152. The molecule has 3 aliphatic rings. The van der Waals surface area contributed by atoms with E-state index in [1.165, 1.54) is 18.7 Å². The van der Waals surface area contributed by atoms with Crippen molar-refractivity contribution in [1.82, 2.24) is 0 Å². The summed E-state index contributed by atoms with van der Waals surface area (Å²) < 4.78 is 17.8. The Hall–Kier alpha value is -2.80. The van der Waals surface area contributed by atoms with Crippen molar-refractivity contribution in [2.75, 3.05) is 19.5 Å². The van der Waals surface area contributed by atoms with Crippen LogP contribution in [0.2, 0.25) is 0 Å². The molecule has 33 heavy (non-hydrogen) atoms. The first-order valence-electron chi connectivity index (χ1n) is 11.1. The molecule has 0 aromatic heterocycles. The Bertz CT molecular complexity index is 1100. The molecule has 0 heterocycles. The molecule has 1 N–H and O–H groups in total. The van der Waals surface area contributed by atoms with Gasteiger partial charge in [-0.25, -0.2) is 4.79 Å². The summed E-state index contributed by atoms with van der Waals surface area (Å²) in [6, 6.07) is 15.4. The van der Waals surface area contributed by atoms with Crippen LogP contribution in [-0.4, -0.2) is 32.2 Å². The standard InChI is InChI=1S/C26H26BrNO5/c1-31-18-11-5-15(6-12-18)26-13-3-4-19(26)22-20(29)14-21(32-2)24(23(22)26)33-25(30)28-17-9-7-16(27)8-10-17/h5-12,14,19,22-24H,3-4,13H2,1-2H3,(H,28,30)/t19-,22+,23+,24-,26+/m1/s1. The minimum atomic E-state index is -0.635. The van der Waals surface area contributed by atoms with Crippen LogP contribution >= 0.6 is 15.9 Å². The van der Waals surface area contributed by atoms with E-state index in [1.807, 2.05) is 24.3 Å². The molecule has 2 fully saturated rings. The van der Waals surface area contributed by atoms with E-state index in [0.29, 0.717) is 11.4 Å². The molecule has 2 aromatic carbocycles. The van der Waals surface area contributed by atoms with Crippen molar-refractivity contribution in [3.8, 4) is 5.75 Å². The maximum Gasteiger partial charge on any atom is 0.412 e. The number of hydrogen-bond donors (Lipinski definition) is 1. The molecule has 172 valence electrons. The van der Waals surface area contributed by atoms with Crippen molar-refractivity contribution >= 4 is 33.5 Å². The fourth-order valence-electron chi connectivity index (χ4n) is 6.31. The molecule has 3 aliphatic carbocycles. The van der Waals surface area contributed by atoms with Gasteiger partial charge in [0, 0.05) is 33.5 Å². The van der Waals surface area contributed by atoms with Crippen molar-refractivity contribution in [3.05, 3.63) is 70.4 Å². The maximum absolute atomic E-state index is 13.1. The molecule has 0 saturated heterocycles. The summed E-state index contributed by atoms with van der Waals surface area (Å²) in [6.45, 7) is 0. The number of benzene rings is 2.